The highest BCUT2D eigenvalue weighted by Gasteiger charge is 2.31. The van der Waals surface area contributed by atoms with Crippen molar-refractivity contribution in [3.05, 3.63) is 54.1 Å². The van der Waals surface area contributed by atoms with Crippen molar-refractivity contribution >= 4 is 5.97 Å². The molecule has 2 aromatic rings. The molecule has 1 unspecified atom stereocenters. The van der Waals surface area contributed by atoms with Crippen molar-refractivity contribution in [1.82, 2.24) is 0 Å². The molecule has 3 rings (SSSR count). The third-order valence-corrected chi connectivity index (χ3v) is 3.83. The number of carboxylic acids is 1. The fourth-order valence-electron chi connectivity index (χ4n) is 2.64. The summed E-state index contributed by atoms with van der Waals surface area (Å²) in [4.78, 5) is 11.2. The summed E-state index contributed by atoms with van der Waals surface area (Å²) in [5.41, 5.74) is 1.57. The zero-order valence-electron chi connectivity index (χ0n) is 14.3. The number of carbonyl (C=O) groups is 1. The second kappa shape index (κ2) is 9.30. The van der Waals surface area contributed by atoms with E-state index in [2.05, 4.69) is 0 Å². The van der Waals surface area contributed by atoms with E-state index in [0.29, 0.717) is 16.9 Å². The van der Waals surface area contributed by atoms with Gasteiger partial charge >= 0.3 is 5.97 Å². The van der Waals surface area contributed by atoms with Gasteiger partial charge in [-0.25, -0.2) is 4.79 Å². The first-order valence-corrected chi connectivity index (χ1v) is 8.06. The van der Waals surface area contributed by atoms with E-state index in [1.165, 1.54) is 6.07 Å². The van der Waals surface area contributed by atoms with Crippen molar-refractivity contribution in [3.8, 4) is 16.9 Å². The zero-order chi connectivity index (χ0) is 19.1. The molecular weight excluding hydrogens is 340 g/mol. The molecule has 0 aliphatic carbocycles. The summed E-state index contributed by atoms with van der Waals surface area (Å²) in [6.45, 7) is 0.0956. The predicted octanol–water partition coefficient (Wildman–Crippen LogP) is 1.51. The smallest absolute Gasteiger partial charge is 0.335 e. The zero-order valence-corrected chi connectivity index (χ0v) is 14.3. The van der Waals surface area contributed by atoms with E-state index in [1.54, 1.807) is 36.4 Å². The van der Waals surface area contributed by atoms with Gasteiger partial charge in [-0.05, 0) is 23.8 Å². The number of hydrogen-bond acceptors (Lipinski definition) is 6. The van der Waals surface area contributed by atoms with Gasteiger partial charge < -0.3 is 29.9 Å². The number of ether oxygens (including phenoxy) is 2. The van der Waals surface area contributed by atoms with Crippen LogP contribution in [-0.2, 0) is 4.74 Å². The van der Waals surface area contributed by atoms with E-state index < -0.39 is 24.5 Å². The number of aliphatic hydroxyl groups excluding tert-OH is 3. The van der Waals surface area contributed by atoms with Gasteiger partial charge in [-0.1, -0.05) is 30.3 Å². The Morgan fingerprint density at radius 1 is 1.12 bits per heavy atom. The van der Waals surface area contributed by atoms with Crippen LogP contribution in [0.2, 0.25) is 0 Å². The monoisotopic (exact) mass is 362 g/mol. The molecule has 1 aliphatic heterocycles. The van der Waals surface area contributed by atoms with Crippen LogP contribution in [0.4, 0.5) is 0 Å². The Hall–Kier alpha value is -2.45. The van der Waals surface area contributed by atoms with E-state index in [1.807, 2.05) is 6.07 Å². The SMILES string of the molecule is CO.O=C(O)c1cccc(-c2ccccc2O[C@@H]2OC[C@H](O)CC2O)c1. The molecule has 1 heterocycles. The van der Waals surface area contributed by atoms with Gasteiger partial charge in [-0.3, -0.25) is 0 Å². The summed E-state index contributed by atoms with van der Waals surface area (Å²) in [5.74, 6) is -0.532. The Labute approximate surface area is 151 Å². The van der Waals surface area contributed by atoms with Gasteiger partial charge in [0.2, 0.25) is 6.29 Å². The van der Waals surface area contributed by atoms with Crippen LogP contribution in [0, 0.1) is 0 Å². The van der Waals surface area contributed by atoms with Crippen LogP contribution in [0.25, 0.3) is 11.1 Å². The van der Waals surface area contributed by atoms with E-state index >= 15 is 0 Å². The van der Waals surface area contributed by atoms with Crippen LogP contribution < -0.4 is 4.74 Å². The number of rotatable bonds is 4. The molecule has 0 saturated carbocycles. The molecule has 0 radical (unpaired) electrons. The van der Waals surface area contributed by atoms with Gasteiger partial charge in [0.05, 0.1) is 18.3 Å². The number of hydrogen-bond donors (Lipinski definition) is 4. The van der Waals surface area contributed by atoms with Crippen LogP contribution in [0.5, 0.6) is 5.75 Å². The summed E-state index contributed by atoms with van der Waals surface area (Å²) in [6.07, 6.45) is -2.34. The minimum absolute atomic E-state index is 0.0956. The van der Waals surface area contributed by atoms with Crippen molar-refractivity contribution in [2.75, 3.05) is 13.7 Å². The second-order valence-electron chi connectivity index (χ2n) is 5.66. The third kappa shape index (κ3) is 4.80. The first-order chi connectivity index (χ1) is 12.5. The number of para-hydroxylation sites is 1. The summed E-state index contributed by atoms with van der Waals surface area (Å²) in [5, 5.41) is 35.6. The van der Waals surface area contributed by atoms with Crippen molar-refractivity contribution in [1.29, 1.82) is 0 Å². The Bertz CT molecular complexity index is 731. The van der Waals surface area contributed by atoms with Crippen LogP contribution in [0.15, 0.2) is 48.5 Å². The Morgan fingerprint density at radius 3 is 2.54 bits per heavy atom. The lowest BCUT2D eigenvalue weighted by Gasteiger charge is -2.31. The summed E-state index contributed by atoms with van der Waals surface area (Å²) in [6, 6.07) is 13.7. The quantitative estimate of drug-likeness (QED) is 0.651. The van der Waals surface area contributed by atoms with E-state index in [4.69, 9.17) is 19.7 Å². The minimum Gasteiger partial charge on any atom is -0.478 e. The lowest BCUT2D eigenvalue weighted by Crippen LogP contribution is -2.44. The average molecular weight is 362 g/mol. The number of aliphatic hydroxyl groups is 3. The largest absolute Gasteiger partial charge is 0.478 e. The highest BCUT2D eigenvalue weighted by molar-refractivity contribution is 5.89. The molecule has 1 saturated heterocycles. The Balaban J connectivity index is 0.00000117. The molecule has 0 aromatic heterocycles. The fourth-order valence-corrected chi connectivity index (χ4v) is 2.64. The van der Waals surface area contributed by atoms with Crippen molar-refractivity contribution in [3.63, 3.8) is 0 Å². The molecule has 140 valence electrons. The maximum absolute atomic E-state index is 11.2. The van der Waals surface area contributed by atoms with Gasteiger partial charge in [-0.2, -0.15) is 0 Å². The lowest BCUT2D eigenvalue weighted by atomic mass is 10.0. The molecule has 1 aliphatic rings. The van der Waals surface area contributed by atoms with Crippen molar-refractivity contribution < 1.29 is 34.7 Å². The minimum atomic E-state index is -1.00. The van der Waals surface area contributed by atoms with E-state index in [-0.39, 0.29) is 18.6 Å². The first-order valence-electron chi connectivity index (χ1n) is 8.06. The maximum Gasteiger partial charge on any atom is 0.335 e. The molecule has 0 bridgehead atoms. The molecule has 0 spiro atoms. The predicted molar refractivity (Wildman–Crippen MR) is 94.0 cm³/mol. The Kier molecular flexibility index (Phi) is 7.11. The summed E-state index contributed by atoms with van der Waals surface area (Å²) in [7, 11) is 1.00. The van der Waals surface area contributed by atoms with Gasteiger partial charge in [0.1, 0.15) is 11.9 Å². The normalized spacial score (nSPS) is 22.1. The van der Waals surface area contributed by atoms with Crippen molar-refractivity contribution in [2.45, 2.75) is 24.9 Å². The number of aromatic carboxylic acids is 1. The maximum atomic E-state index is 11.2. The Morgan fingerprint density at radius 2 is 1.85 bits per heavy atom. The standard InChI is InChI=1S/C18H18O6.CH4O/c19-13-9-15(20)18(23-10-13)24-16-7-2-1-6-14(16)11-4-3-5-12(8-11)17(21)22;1-2/h1-8,13,15,18-20H,9-10H2,(H,21,22);2H,1H3/t13-,15?,18+;/m1./s1. The van der Waals surface area contributed by atoms with Crippen LogP contribution >= 0.6 is 0 Å². The number of benzene rings is 2. The van der Waals surface area contributed by atoms with Gasteiger partial charge in [0.15, 0.2) is 0 Å². The first kappa shape index (κ1) is 19.9. The van der Waals surface area contributed by atoms with Gasteiger partial charge in [-0.15, -0.1) is 0 Å². The molecular formula is C19H22O7. The van der Waals surface area contributed by atoms with Crippen LogP contribution in [0.1, 0.15) is 16.8 Å². The van der Waals surface area contributed by atoms with E-state index in [9.17, 15) is 15.0 Å². The van der Waals surface area contributed by atoms with Gasteiger partial charge in [0.25, 0.3) is 0 Å². The molecule has 7 heteroatoms. The molecule has 2 aromatic carbocycles. The molecule has 3 atom stereocenters. The molecule has 7 nitrogen and oxygen atoms in total. The van der Waals surface area contributed by atoms with E-state index in [0.717, 1.165) is 7.11 Å². The van der Waals surface area contributed by atoms with Gasteiger partial charge in [0, 0.05) is 19.1 Å². The summed E-state index contributed by atoms with van der Waals surface area (Å²) >= 11 is 0. The molecule has 26 heavy (non-hydrogen) atoms. The third-order valence-electron chi connectivity index (χ3n) is 3.83. The molecule has 1 fully saturated rings. The molecule has 4 N–H and O–H groups in total. The average Bonchev–Trinajstić information content (AvgIpc) is 2.66. The van der Waals surface area contributed by atoms with Crippen LogP contribution in [0.3, 0.4) is 0 Å². The highest BCUT2D eigenvalue weighted by atomic mass is 16.7. The number of carboxylic acid groups (broad SMARTS) is 1. The van der Waals surface area contributed by atoms with Crippen LogP contribution in [-0.4, -0.2) is 58.6 Å². The highest BCUT2D eigenvalue weighted by Crippen LogP contribution is 2.32. The van der Waals surface area contributed by atoms with Crippen molar-refractivity contribution in [2.24, 2.45) is 0 Å². The fraction of sp³-hybridized carbons (Fsp3) is 0.316. The topological polar surface area (TPSA) is 116 Å². The second-order valence-corrected chi connectivity index (χ2v) is 5.66. The summed E-state index contributed by atoms with van der Waals surface area (Å²) < 4.78 is 11.1. The lowest BCUT2D eigenvalue weighted by molar-refractivity contribution is -0.198. The molecule has 0 amide bonds.